The van der Waals surface area contributed by atoms with Crippen LogP contribution in [-0.4, -0.2) is 131 Å². The first kappa shape index (κ1) is 65.3. The summed E-state index contributed by atoms with van der Waals surface area (Å²) in [4.78, 5) is 60.5. The third-order valence-corrected chi connectivity index (χ3v) is 16.5. The van der Waals surface area contributed by atoms with Gasteiger partial charge >= 0.3 is 24.4 Å². The number of aromatic nitrogens is 6. The number of sulfonamides is 2. The highest BCUT2D eigenvalue weighted by atomic mass is 32.2. The van der Waals surface area contributed by atoms with Crippen molar-refractivity contribution in [3.05, 3.63) is 120 Å². The van der Waals surface area contributed by atoms with Gasteiger partial charge in [-0.05, 0) is 171 Å². The number of tetrazole rings is 1. The molecule has 7 aromatic rings. The van der Waals surface area contributed by atoms with E-state index in [4.69, 9.17) is 38.1 Å². The molecular weight excluding hydrogens is 1180 g/mol. The smallest absolute Gasteiger partial charge is 0.427 e. The minimum absolute atomic E-state index is 0.0115. The summed E-state index contributed by atoms with van der Waals surface area (Å²) >= 11 is 0. The van der Waals surface area contributed by atoms with Crippen molar-refractivity contribution >= 4 is 61.4 Å². The van der Waals surface area contributed by atoms with E-state index in [0.29, 0.717) is 38.8 Å². The maximum Gasteiger partial charge on any atom is 0.427 e. The second kappa shape index (κ2) is 25.2. The molecule has 0 spiro atoms. The van der Waals surface area contributed by atoms with E-state index in [1.165, 1.54) is 50.3 Å². The Hall–Kier alpha value is -8.66. The Balaban J connectivity index is 1.48. The number of fused-ring (bicyclic) bond motifs is 1. The van der Waals surface area contributed by atoms with Crippen molar-refractivity contribution in [2.75, 3.05) is 26.2 Å². The van der Waals surface area contributed by atoms with Crippen molar-refractivity contribution in [1.82, 2.24) is 44.1 Å². The minimum atomic E-state index is -5.25. The van der Waals surface area contributed by atoms with E-state index in [1.807, 2.05) is 0 Å². The maximum atomic E-state index is 16.8. The number of nitrogens with one attached hydrogen (secondary N) is 2. The summed E-state index contributed by atoms with van der Waals surface area (Å²) in [5.74, 6) is 0.589. The molecule has 2 heterocycles. The molecule has 0 radical (unpaired) electrons. The molecule has 1 saturated carbocycles. The van der Waals surface area contributed by atoms with Gasteiger partial charge in [0.25, 0.3) is 0 Å². The third kappa shape index (κ3) is 15.7. The number of hydrogen-bond donors (Lipinski definition) is 2. The molecule has 0 aliphatic heterocycles. The molecule has 1 aliphatic rings. The number of alkyl carbamates (subject to hydrolysis) is 1. The van der Waals surface area contributed by atoms with Crippen LogP contribution in [0.25, 0.3) is 33.5 Å². The largest absolute Gasteiger partial charge is 0.497 e. The minimum Gasteiger partial charge on any atom is -0.497 e. The predicted octanol–water partition coefficient (Wildman–Crippen LogP) is 10.2. The summed E-state index contributed by atoms with van der Waals surface area (Å²) in [5.41, 5.74) is -3.57. The molecule has 8 rings (SSSR count). The summed E-state index contributed by atoms with van der Waals surface area (Å²) in [6, 6.07) is 25.4. The summed E-state index contributed by atoms with van der Waals surface area (Å²) in [7, 11) is -5.77. The highest BCUT2D eigenvalue weighted by Gasteiger charge is 2.46. The van der Waals surface area contributed by atoms with Gasteiger partial charge in [-0.15, -0.1) is 10.00 Å². The average Bonchev–Trinajstić information content (AvgIpc) is 1.30. The van der Waals surface area contributed by atoms with Gasteiger partial charge in [0.05, 0.1) is 50.5 Å². The van der Waals surface area contributed by atoms with Crippen LogP contribution in [0.3, 0.4) is 0 Å². The highest BCUT2D eigenvalue weighted by Crippen LogP contribution is 2.45. The Labute approximate surface area is 511 Å². The molecule has 2 aromatic heterocycles. The average molecular weight is 1250 g/mol. The summed E-state index contributed by atoms with van der Waals surface area (Å²) in [6.07, 6.45) is -4.36. The van der Waals surface area contributed by atoms with E-state index in [-0.39, 0.29) is 59.6 Å². The molecular formula is C61H74N10O15S2. The van der Waals surface area contributed by atoms with Gasteiger partial charge in [0.2, 0.25) is 26.0 Å². The van der Waals surface area contributed by atoms with Crippen molar-refractivity contribution in [2.45, 2.75) is 153 Å². The second-order valence-corrected chi connectivity index (χ2v) is 28.3. The number of carbonyl (C=O) groups excluding carboxylic acids is 4. The molecule has 470 valence electrons. The molecule has 27 heteroatoms. The van der Waals surface area contributed by atoms with Crippen molar-refractivity contribution in [3.8, 4) is 39.8 Å². The molecule has 0 unspecified atom stereocenters. The molecule has 0 saturated heterocycles. The van der Waals surface area contributed by atoms with E-state index in [9.17, 15) is 19.2 Å². The summed E-state index contributed by atoms with van der Waals surface area (Å²) in [6.45, 7) is 18.5. The normalized spacial score (nSPS) is 14.7. The molecule has 25 nitrogen and oxygen atoms in total. The number of imide groups is 1. The van der Waals surface area contributed by atoms with Crippen molar-refractivity contribution in [3.63, 3.8) is 0 Å². The number of carbonyl (C=O) groups is 4. The highest BCUT2D eigenvalue weighted by molar-refractivity contribution is 7.92. The zero-order chi connectivity index (χ0) is 64.5. The van der Waals surface area contributed by atoms with Gasteiger partial charge < -0.3 is 38.5 Å². The molecule has 88 heavy (non-hydrogen) atoms. The fourth-order valence-electron chi connectivity index (χ4n) is 9.10. The van der Waals surface area contributed by atoms with Crippen molar-refractivity contribution in [2.24, 2.45) is 0 Å². The van der Waals surface area contributed by atoms with E-state index >= 15 is 16.8 Å². The van der Waals surface area contributed by atoms with Gasteiger partial charge in [-0.1, -0.05) is 54.6 Å². The number of ether oxygens (including phenoxy) is 7. The lowest BCUT2D eigenvalue weighted by Crippen LogP contribution is -2.45. The molecule has 3 amide bonds. The number of amides is 3. The molecule has 2 atom stereocenters. The number of methoxy groups -OCH3 is 3. The van der Waals surface area contributed by atoms with E-state index in [1.54, 1.807) is 156 Å². The lowest BCUT2D eigenvalue weighted by atomic mass is 9.97. The maximum absolute atomic E-state index is 16.8. The van der Waals surface area contributed by atoms with Gasteiger partial charge in [0.1, 0.15) is 49.4 Å². The third-order valence-electron chi connectivity index (χ3n) is 13.0. The standard InChI is InChI=1S/C61H74N10O15S2/c1-58(2,3)83-54(72)62-45-33-46(45)65-87(76,77)48-32-31-43(44-17-16-18-47-50(44)63-53(70(47)55(73)84-59(4,5)6)71(56(74)85-60(7,8)9)57(75)86-61(10,11)12)49(52-64-66-67-69(52)36-39-23-29-42(82-15)30-24-39)51(48)88(78,79)68(34-37-19-25-40(80-13)26-20-37)35-38-21-27-41(81-14)28-22-38/h16-32,45-46,65H,33-36H2,1-15H3,(H,62,72)/t45-,46-/m1/s1. The van der Waals surface area contributed by atoms with Crippen molar-refractivity contribution in [1.29, 1.82) is 0 Å². The van der Waals surface area contributed by atoms with Crippen LogP contribution < -0.4 is 29.1 Å². The van der Waals surface area contributed by atoms with Crippen LogP contribution in [0.5, 0.6) is 17.2 Å². The first-order chi connectivity index (χ1) is 41.1. The number of anilines is 1. The zero-order valence-corrected chi connectivity index (χ0v) is 53.4. The summed E-state index contributed by atoms with van der Waals surface area (Å²) in [5, 5.41) is 15.6. The van der Waals surface area contributed by atoms with Crippen LogP contribution in [0.1, 0.15) is 106 Å². The Bertz CT molecular complexity index is 3880. The van der Waals surface area contributed by atoms with E-state index in [0.717, 1.165) is 14.9 Å². The van der Waals surface area contributed by atoms with Crippen LogP contribution in [0.15, 0.2) is 113 Å². The number of para-hydroxylation sites is 1. The molecule has 5 aromatic carbocycles. The lowest BCUT2D eigenvalue weighted by Gasteiger charge is -2.28. The van der Waals surface area contributed by atoms with Gasteiger partial charge in [-0.25, -0.2) is 55.0 Å². The van der Waals surface area contributed by atoms with Gasteiger partial charge in [-0.3, -0.25) is 0 Å². The quantitative estimate of drug-likeness (QED) is 0.0755. The lowest BCUT2D eigenvalue weighted by molar-refractivity contribution is 0.0420. The number of hydrogen-bond acceptors (Lipinski definition) is 19. The Morgan fingerprint density at radius 3 is 1.59 bits per heavy atom. The number of rotatable bonds is 18. The van der Waals surface area contributed by atoms with Gasteiger partial charge in [0.15, 0.2) is 5.82 Å². The number of nitrogens with zero attached hydrogens (tertiary/aromatic N) is 8. The van der Waals surface area contributed by atoms with Crippen LogP contribution in [-0.2, 0) is 58.6 Å². The van der Waals surface area contributed by atoms with Gasteiger partial charge in [0, 0.05) is 24.7 Å². The van der Waals surface area contributed by atoms with Gasteiger partial charge in [-0.2, -0.15) is 4.31 Å². The fourth-order valence-corrected chi connectivity index (χ4v) is 12.8. The first-order valence-electron chi connectivity index (χ1n) is 27.9. The summed E-state index contributed by atoms with van der Waals surface area (Å²) < 4.78 is 110. The van der Waals surface area contributed by atoms with E-state index < -0.39 is 94.6 Å². The fraction of sp³-hybridized carbons (Fsp3) is 0.410. The molecule has 1 aliphatic carbocycles. The molecule has 1 fully saturated rings. The SMILES string of the molecule is COc1ccc(CN(Cc2ccc(OC)cc2)S(=O)(=O)c2c(S(=O)(=O)N[C@@H]3C[C@H]3NC(=O)OC(C)(C)C)ccc(-c3cccc4c3nc(N(C(=O)OC(C)(C)C)C(=O)OC(C)(C)C)n4C(=O)OC(C)(C)C)c2-c2nnnn2Cc2ccc(OC)cc2)cc1. The Morgan fingerprint density at radius 1 is 0.602 bits per heavy atom. The zero-order valence-electron chi connectivity index (χ0n) is 51.8. The Kier molecular flexibility index (Phi) is 18.7. The van der Waals surface area contributed by atoms with E-state index in [2.05, 4.69) is 25.6 Å². The molecule has 2 N–H and O–H groups in total. The predicted molar refractivity (Wildman–Crippen MR) is 325 cm³/mol. The van der Waals surface area contributed by atoms with Crippen LogP contribution in [0.4, 0.5) is 25.1 Å². The van der Waals surface area contributed by atoms with Crippen LogP contribution in [0, 0.1) is 0 Å². The molecule has 0 bridgehead atoms. The number of imidazole rings is 1. The van der Waals surface area contributed by atoms with Crippen LogP contribution >= 0.6 is 0 Å². The second-order valence-electron chi connectivity index (χ2n) is 24.7. The topological polar surface area (TPSA) is 293 Å². The van der Waals surface area contributed by atoms with Crippen molar-refractivity contribution < 1.29 is 69.2 Å². The number of benzene rings is 5. The Morgan fingerprint density at radius 2 is 1.10 bits per heavy atom. The van der Waals surface area contributed by atoms with Crippen LogP contribution in [0.2, 0.25) is 0 Å². The first-order valence-corrected chi connectivity index (χ1v) is 30.9. The monoisotopic (exact) mass is 1250 g/mol.